The summed E-state index contributed by atoms with van der Waals surface area (Å²) in [5, 5.41) is 3.11. The minimum atomic E-state index is -0.623. The Morgan fingerprint density at radius 2 is 1.84 bits per heavy atom. The molecule has 7 heteroatoms. The summed E-state index contributed by atoms with van der Waals surface area (Å²) in [6.07, 6.45) is 1.64. The molecule has 1 aliphatic heterocycles. The number of aromatic nitrogens is 1. The second kappa shape index (κ2) is 7.04. The average Bonchev–Trinajstić information content (AvgIpc) is 3.35. The van der Waals surface area contributed by atoms with E-state index in [0.717, 1.165) is 5.56 Å². The van der Waals surface area contributed by atoms with Gasteiger partial charge in [0.25, 0.3) is 5.91 Å². The molecule has 31 heavy (non-hydrogen) atoms. The van der Waals surface area contributed by atoms with Gasteiger partial charge in [0.05, 0.1) is 17.0 Å². The molecule has 0 spiro atoms. The molecule has 0 bridgehead atoms. The molecule has 5 nitrogen and oxygen atoms in total. The molecular formula is C24H19ClN2O3S. The fraction of sp³-hybridized carbons (Fsp3) is 0.208. The van der Waals surface area contributed by atoms with E-state index in [0.29, 0.717) is 26.7 Å². The van der Waals surface area contributed by atoms with Crippen molar-refractivity contribution in [2.45, 2.75) is 32.2 Å². The third-order valence-corrected chi connectivity index (χ3v) is 6.56. The van der Waals surface area contributed by atoms with Gasteiger partial charge in [-0.15, -0.1) is 11.3 Å². The normalized spacial score (nSPS) is 16.2. The molecule has 0 aliphatic carbocycles. The largest absolute Gasteiger partial charge is 0.450 e. The number of hydrogen-bond acceptors (Lipinski definition) is 5. The van der Waals surface area contributed by atoms with Crippen LogP contribution in [0.15, 0.2) is 63.3 Å². The number of benzene rings is 2. The summed E-state index contributed by atoms with van der Waals surface area (Å²) in [5.74, 6) is -0.316. The Hall–Kier alpha value is -2.96. The second-order valence-corrected chi connectivity index (χ2v) is 9.89. The highest BCUT2D eigenvalue weighted by Gasteiger charge is 2.44. The molecule has 0 N–H and O–H groups in total. The number of amides is 1. The van der Waals surface area contributed by atoms with Crippen molar-refractivity contribution in [1.82, 2.24) is 4.98 Å². The van der Waals surface area contributed by atoms with Crippen LogP contribution in [-0.2, 0) is 5.41 Å². The van der Waals surface area contributed by atoms with Gasteiger partial charge in [-0.3, -0.25) is 14.5 Å². The maximum absolute atomic E-state index is 13.5. The standard InChI is InChI=1S/C24H19ClN2O3S/c1-24(2,3)14-6-4-13(5-7-14)19-18-20(28)16-12-15(25)8-9-17(16)30-21(18)22(29)27(19)23-26-10-11-31-23/h4-12,19H,1-3H3/t19-/m1/s1. The maximum atomic E-state index is 13.5. The molecule has 1 aliphatic rings. The molecule has 1 atom stereocenters. The monoisotopic (exact) mass is 450 g/mol. The van der Waals surface area contributed by atoms with Gasteiger partial charge in [0.15, 0.2) is 10.6 Å². The van der Waals surface area contributed by atoms with E-state index in [1.54, 1.807) is 34.7 Å². The molecule has 3 heterocycles. The van der Waals surface area contributed by atoms with Gasteiger partial charge in [0.1, 0.15) is 5.58 Å². The van der Waals surface area contributed by atoms with Gasteiger partial charge in [0.2, 0.25) is 5.76 Å². The fourth-order valence-electron chi connectivity index (χ4n) is 3.96. The third-order valence-electron chi connectivity index (χ3n) is 5.55. The number of hydrogen-bond donors (Lipinski definition) is 0. The van der Waals surface area contributed by atoms with Crippen LogP contribution in [0.1, 0.15) is 54.1 Å². The molecule has 0 fully saturated rings. The summed E-state index contributed by atoms with van der Waals surface area (Å²) in [6.45, 7) is 6.42. The van der Waals surface area contributed by atoms with Gasteiger partial charge in [-0.25, -0.2) is 4.98 Å². The number of thiazole rings is 1. The first-order valence-corrected chi connectivity index (χ1v) is 11.1. The summed E-state index contributed by atoms with van der Waals surface area (Å²) >= 11 is 7.47. The van der Waals surface area contributed by atoms with Crippen LogP contribution < -0.4 is 10.3 Å². The molecule has 0 radical (unpaired) electrons. The van der Waals surface area contributed by atoms with Crippen LogP contribution in [-0.4, -0.2) is 10.9 Å². The zero-order valence-corrected chi connectivity index (χ0v) is 18.8. The zero-order chi connectivity index (χ0) is 21.9. The van der Waals surface area contributed by atoms with Crippen molar-refractivity contribution in [2.24, 2.45) is 0 Å². The number of fused-ring (bicyclic) bond motifs is 2. The highest BCUT2D eigenvalue weighted by molar-refractivity contribution is 7.13. The van der Waals surface area contributed by atoms with Crippen molar-refractivity contribution in [3.63, 3.8) is 0 Å². The first-order chi connectivity index (χ1) is 14.8. The van der Waals surface area contributed by atoms with Gasteiger partial charge >= 0.3 is 0 Å². The Morgan fingerprint density at radius 1 is 1.10 bits per heavy atom. The van der Waals surface area contributed by atoms with Crippen molar-refractivity contribution in [3.8, 4) is 0 Å². The molecule has 1 amide bonds. The van der Waals surface area contributed by atoms with Crippen LogP contribution in [0.3, 0.4) is 0 Å². The fourth-order valence-corrected chi connectivity index (χ4v) is 4.80. The average molecular weight is 451 g/mol. The predicted molar refractivity (Wildman–Crippen MR) is 123 cm³/mol. The Balaban J connectivity index is 1.77. The van der Waals surface area contributed by atoms with Crippen LogP contribution in [0, 0.1) is 0 Å². The van der Waals surface area contributed by atoms with Gasteiger partial charge in [-0.1, -0.05) is 56.6 Å². The molecule has 2 aromatic carbocycles. The summed E-state index contributed by atoms with van der Waals surface area (Å²) in [6, 6.07) is 12.2. The van der Waals surface area contributed by atoms with E-state index in [-0.39, 0.29) is 22.5 Å². The van der Waals surface area contributed by atoms with Crippen molar-refractivity contribution in [2.75, 3.05) is 4.90 Å². The van der Waals surface area contributed by atoms with E-state index in [4.69, 9.17) is 16.0 Å². The first kappa shape index (κ1) is 20.0. The lowest BCUT2D eigenvalue weighted by molar-refractivity contribution is 0.0971. The molecular weight excluding hydrogens is 432 g/mol. The Bertz CT molecular complexity index is 1370. The van der Waals surface area contributed by atoms with E-state index in [9.17, 15) is 9.59 Å². The molecule has 2 aromatic heterocycles. The van der Waals surface area contributed by atoms with E-state index >= 15 is 0 Å². The van der Waals surface area contributed by atoms with Crippen LogP contribution in [0.25, 0.3) is 11.0 Å². The van der Waals surface area contributed by atoms with E-state index < -0.39 is 6.04 Å². The van der Waals surface area contributed by atoms with Crippen molar-refractivity contribution >= 4 is 44.9 Å². The maximum Gasteiger partial charge on any atom is 0.297 e. The number of carbonyl (C=O) groups is 1. The lowest BCUT2D eigenvalue weighted by Gasteiger charge is -2.24. The molecule has 5 rings (SSSR count). The summed E-state index contributed by atoms with van der Waals surface area (Å²) in [7, 11) is 0. The van der Waals surface area contributed by atoms with Gasteiger partial charge < -0.3 is 4.42 Å². The highest BCUT2D eigenvalue weighted by Crippen LogP contribution is 2.42. The Labute approximate surface area is 187 Å². The number of nitrogens with zero attached hydrogens (tertiary/aromatic N) is 2. The van der Waals surface area contributed by atoms with Gasteiger partial charge in [-0.2, -0.15) is 0 Å². The number of carbonyl (C=O) groups excluding carboxylic acids is 1. The van der Waals surface area contributed by atoms with Crippen LogP contribution in [0.5, 0.6) is 0 Å². The Kier molecular flexibility index (Phi) is 4.53. The summed E-state index contributed by atoms with van der Waals surface area (Å²) < 4.78 is 5.94. The van der Waals surface area contributed by atoms with Crippen molar-refractivity contribution < 1.29 is 9.21 Å². The SMILES string of the molecule is CC(C)(C)c1ccc([C@@H]2c3c(oc4ccc(Cl)cc4c3=O)C(=O)N2c2nccs2)cc1. The number of anilines is 1. The quantitative estimate of drug-likeness (QED) is 0.378. The summed E-state index contributed by atoms with van der Waals surface area (Å²) in [4.78, 5) is 32.8. The first-order valence-electron chi connectivity index (χ1n) is 9.85. The van der Waals surface area contributed by atoms with Gasteiger partial charge in [-0.05, 0) is 34.7 Å². The van der Waals surface area contributed by atoms with Crippen LogP contribution in [0.4, 0.5) is 5.13 Å². The number of rotatable bonds is 2. The number of halogens is 1. The lowest BCUT2D eigenvalue weighted by atomic mass is 9.86. The van der Waals surface area contributed by atoms with Crippen LogP contribution in [0.2, 0.25) is 5.02 Å². The molecule has 0 unspecified atom stereocenters. The minimum Gasteiger partial charge on any atom is -0.450 e. The third kappa shape index (κ3) is 3.18. The smallest absolute Gasteiger partial charge is 0.297 e. The molecule has 0 saturated heterocycles. The predicted octanol–water partition coefficient (Wildman–Crippen LogP) is 5.95. The van der Waals surface area contributed by atoms with Crippen LogP contribution >= 0.6 is 22.9 Å². The molecule has 0 saturated carbocycles. The van der Waals surface area contributed by atoms with Crippen molar-refractivity contribution in [1.29, 1.82) is 0 Å². The minimum absolute atomic E-state index is 0.0110. The molecule has 4 aromatic rings. The van der Waals surface area contributed by atoms with Crippen molar-refractivity contribution in [3.05, 3.63) is 91.7 Å². The van der Waals surface area contributed by atoms with Gasteiger partial charge in [0, 0.05) is 16.6 Å². The van der Waals surface area contributed by atoms with E-state index in [1.165, 1.54) is 16.9 Å². The molecule has 156 valence electrons. The van der Waals surface area contributed by atoms with E-state index in [2.05, 4.69) is 25.8 Å². The van der Waals surface area contributed by atoms with E-state index in [1.807, 2.05) is 24.3 Å². The summed E-state index contributed by atoms with van der Waals surface area (Å²) in [5.41, 5.74) is 2.38. The second-order valence-electron chi connectivity index (χ2n) is 8.58. The Morgan fingerprint density at radius 3 is 2.48 bits per heavy atom. The lowest BCUT2D eigenvalue weighted by Crippen LogP contribution is -2.29. The highest BCUT2D eigenvalue weighted by atomic mass is 35.5. The zero-order valence-electron chi connectivity index (χ0n) is 17.2. The topological polar surface area (TPSA) is 63.4 Å².